The third-order valence-corrected chi connectivity index (χ3v) is 11.8. The maximum Gasteiger partial charge on any atom is 0.306 e. The van der Waals surface area contributed by atoms with Gasteiger partial charge in [0, 0.05) is 19.3 Å². The smallest absolute Gasteiger partial charge is 0.306 e. The van der Waals surface area contributed by atoms with Crippen molar-refractivity contribution >= 4 is 17.9 Å². The highest BCUT2D eigenvalue weighted by Crippen LogP contribution is 2.15. The number of unbranched alkanes of at least 4 members (excludes halogenated alkanes) is 30. The topological polar surface area (TPSA) is 78.9 Å². The first kappa shape index (κ1) is 60.4. The molecule has 6 heteroatoms. The molecule has 0 aromatic heterocycles. The van der Waals surface area contributed by atoms with Crippen molar-refractivity contribution in [2.75, 3.05) is 13.2 Å². The van der Waals surface area contributed by atoms with Gasteiger partial charge in [-0.3, -0.25) is 14.4 Å². The number of rotatable bonds is 49. The fourth-order valence-electron chi connectivity index (χ4n) is 7.62. The van der Waals surface area contributed by atoms with Crippen molar-refractivity contribution < 1.29 is 28.6 Å². The Balaban J connectivity index is 4.34. The van der Waals surface area contributed by atoms with Crippen molar-refractivity contribution in [3.63, 3.8) is 0 Å². The summed E-state index contributed by atoms with van der Waals surface area (Å²) in [5.74, 6) is -0.894. The van der Waals surface area contributed by atoms with Crippen LogP contribution in [0.4, 0.5) is 0 Å². The van der Waals surface area contributed by atoms with Crippen LogP contribution in [0.1, 0.15) is 278 Å². The van der Waals surface area contributed by atoms with Gasteiger partial charge in [0.25, 0.3) is 0 Å². The predicted octanol–water partition coefficient (Wildman–Crippen LogP) is 17.9. The summed E-state index contributed by atoms with van der Waals surface area (Å²) in [4.78, 5) is 38.0. The second-order valence-electron chi connectivity index (χ2n) is 18.1. The van der Waals surface area contributed by atoms with Gasteiger partial charge in [0.2, 0.25) is 0 Å². The molecule has 0 heterocycles. The maximum absolute atomic E-state index is 12.8. The summed E-state index contributed by atoms with van der Waals surface area (Å²) in [7, 11) is 0. The highest BCUT2D eigenvalue weighted by molar-refractivity contribution is 5.71. The lowest BCUT2D eigenvalue weighted by molar-refractivity contribution is -0.167. The van der Waals surface area contributed by atoms with Gasteiger partial charge in [0.1, 0.15) is 13.2 Å². The minimum Gasteiger partial charge on any atom is -0.462 e. The van der Waals surface area contributed by atoms with Crippen LogP contribution in [0, 0.1) is 0 Å². The van der Waals surface area contributed by atoms with E-state index in [0.717, 1.165) is 83.5 Å². The Bertz CT molecular complexity index is 1110. The number of hydrogen-bond donors (Lipinski definition) is 0. The molecule has 0 N–H and O–H groups in total. The molecule has 0 bridgehead atoms. The lowest BCUT2D eigenvalue weighted by Crippen LogP contribution is -2.30. The molecular weight excluding hydrogens is 781 g/mol. The van der Waals surface area contributed by atoms with Crippen molar-refractivity contribution in [3.05, 3.63) is 48.6 Å². The largest absolute Gasteiger partial charge is 0.462 e. The van der Waals surface area contributed by atoms with Crippen molar-refractivity contribution in [2.45, 2.75) is 284 Å². The van der Waals surface area contributed by atoms with E-state index in [9.17, 15) is 14.4 Å². The molecule has 1 atom stereocenters. The van der Waals surface area contributed by atoms with Crippen molar-refractivity contribution in [2.24, 2.45) is 0 Å². The van der Waals surface area contributed by atoms with E-state index >= 15 is 0 Å². The summed E-state index contributed by atoms with van der Waals surface area (Å²) in [5.41, 5.74) is 0. The summed E-state index contributed by atoms with van der Waals surface area (Å²) >= 11 is 0. The number of carbonyl (C=O) groups is 3. The molecule has 0 amide bonds. The molecule has 0 aromatic carbocycles. The van der Waals surface area contributed by atoms with Crippen LogP contribution in [0.25, 0.3) is 0 Å². The molecule has 0 spiro atoms. The molecule has 6 nitrogen and oxygen atoms in total. The second kappa shape index (κ2) is 52.0. The Kier molecular flexibility index (Phi) is 49.8. The van der Waals surface area contributed by atoms with Crippen LogP contribution in [0.2, 0.25) is 0 Å². The van der Waals surface area contributed by atoms with Crippen LogP contribution in [-0.4, -0.2) is 37.2 Å². The van der Waals surface area contributed by atoms with Crippen molar-refractivity contribution in [3.8, 4) is 0 Å². The molecular formula is C57H102O6. The molecule has 0 saturated carbocycles. The SMILES string of the molecule is CCCC/C=C\CCCCCCCC(=O)OCC(COC(=O)CCCCCCCCCCC/C=C\C/C=C\CCCCC)OC(=O)CCCCCCC/C=C\CCCCCCCC. The molecule has 0 aromatic rings. The first-order valence-corrected chi connectivity index (χ1v) is 27.1. The molecule has 0 aliphatic carbocycles. The molecule has 0 radical (unpaired) electrons. The Hall–Kier alpha value is -2.63. The second-order valence-corrected chi connectivity index (χ2v) is 18.1. The zero-order valence-electron chi connectivity index (χ0n) is 41.8. The molecule has 366 valence electrons. The minimum absolute atomic E-state index is 0.0803. The summed E-state index contributed by atoms with van der Waals surface area (Å²) in [6, 6.07) is 0. The summed E-state index contributed by atoms with van der Waals surface area (Å²) in [6.45, 7) is 6.57. The Morgan fingerprint density at radius 1 is 0.317 bits per heavy atom. The molecule has 0 aliphatic heterocycles. The van der Waals surface area contributed by atoms with Gasteiger partial charge in [-0.25, -0.2) is 0 Å². The number of esters is 3. The standard InChI is InChI=1S/C57H102O6/c1-4-7-10-13-16-19-22-24-26-27-28-29-31-32-35-38-41-44-47-50-56(59)62-53-54(52-61-55(58)49-46-43-40-37-34-21-18-15-12-9-6-3)63-57(60)51-48-45-42-39-36-33-30-25-23-20-17-14-11-8-5-2/h15-16,18-19,24-26,30,54H,4-14,17,20-23,27-29,31-53H2,1-3H3/b18-15-,19-16-,26-24-,30-25-. The Morgan fingerprint density at radius 3 is 0.968 bits per heavy atom. The Labute approximate surface area is 390 Å². The number of allylic oxidation sites excluding steroid dienone is 8. The summed E-state index contributed by atoms with van der Waals surface area (Å²) in [6.07, 6.45) is 62.4. The van der Waals surface area contributed by atoms with Crippen molar-refractivity contribution in [1.82, 2.24) is 0 Å². The third kappa shape index (κ3) is 50.2. The first-order chi connectivity index (χ1) is 31.0. The fraction of sp³-hybridized carbons (Fsp3) is 0.807. The summed E-state index contributed by atoms with van der Waals surface area (Å²) < 4.78 is 16.8. The first-order valence-electron chi connectivity index (χ1n) is 27.1. The lowest BCUT2D eigenvalue weighted by atomic mass is 10.1. The van der Waals surface area contributed by atoms with Gasteiger partial charge in [-0.15, -0.1) is 0 Å². The van der Waals surface area contributed by atoms with Crippen LogP contribution in [-0.2, 0) is 28.6 Å². The van der Waals surface area contributed by atoms with Gasteiger partial charge < -0.3 is 14.2 Å². The molecule has 0 fully saturated rings. The van der Waals surface area contributed by atoms with Crippen LogP contribution < -0.4 is 0 Å². The lowest BCUT2D eigenvalue weighted by Gasteiger charge is -2.18. The number of ether oxygens (including phenoxy) is 3. The highest BCUT2D eigenvalue weighted by Gasteiger charge is 2.19. The van der Waals surface area contributed by atoms with Gasteiger partial charge in [-0.05, 0) is 96.3 Å². The normalized spacial score (nSPS) is 12.4. The predicted molar refractivity (Wildman–Crippen MR) is 270 cm³/mol. The number of hydrogen-bond acceptors (Lipinski definition) is 6. The van der Waals surface area contributed by atoms with Gasteiger partial charge in [-0.2, -0.15) is 0 Å². The fourth-order valence-corrected chi connectivity index (χ4v) is 7.62. The summed E-state index contributed by atoms with van der Waals surface area (Å²) in [5, 5.41) is 0. The number of carbonyl (C=O) groups excluding carboxylic acids is 3. The minimum atomic E-state index is -0.780. The third-order valence-electron chi connectivity index (χ3n) is 11.8. The van der Waals surface area contributed by atoms with Gasteiger partial charge in [0.05, 0.1) is 0 Å². The average Bonchev–Trinajstić information content (AvgIpc) is 3.28. The highest BCUT2D eigenvalue weighted by atomic mass is 16.6. The van der Waals surface area contributed by atoms with E-state index in [-0.39, 0.29) is 31.1 Å². The molecule has 0 aliphatic rings. The molecule has 0 rings (SSSR count). The van der Waals surface area contributed by atoms with E-state index in [1.807, 2.05) is 0 Å². The molecule has 0 saturated heterocycles. The van der Waals surface area contributed by atoms with Gasteiger partial charge in [-0.1, -0.05) is 211 Å². The monoisotopic (exact) mass is 883 g/mol. The van der Waals surface area contributed by atoms with Crippen LogP contribution in [0.5, 0.6) is 0 Å². The average molecular weight is 883 g/mol. The van der Waals surface area contributed by atoms with Gasteiger partial charge in [0.15, 0.2) is 6.10 Å². The molecule has 63 heavy (non-hydrogen) atoms. The van der Waals surface area contributed by atoms with Crippen LogP contribution in [0.15, 0.2) is 48.6 Å². The van der Waals surface area contributed by atoms with E-state index in [0.29, 0.717) is 19.3 Å². The maximum atomic E-state index is 12.8. The van der Waals surface area contributed by atoms with E-state index in [4.69, 9.17) is 14.2 Å². The quantitative estimate of drug-likeness (QED) is 0.0262. The molecule has 1 unspecified atom stereocenters. The van der Waals surface area contributed by atoms with E-state index in [2.05, 4.69) is 69.4 Å². The van der Waals surface area contributed by atoms with E-state index < -0.39 is 6.10 Å². The van der Waals surface area contributed by atoms with Crippen LogP contribution in [0.3, 0.4) is 0 Å². The van der Waals surface area contributed by atoms with E-state index in [1.165, 1.54) is 154 Å². The zero-order chi connectivity index (χ0) is 45.8. The van der Waals surface area contributed by atoms with E-state index in [1.54, 1.807) is 0 Å². The van der Waals surface area contributed by atoms with Crippen molar-refractivity contribution in [1.29, 1.82) is 0 Å². The van der Waals surface area contributed by atoms with Gasteiger partial charge >= 0.3 is 17.9 Å². The Morgan fingerprint density at radius 2 is 0.587 bits per heavy atom. The van der Waals surface area contributed by atoms with Crippen LogP contribution >= 0.6 is 0 Å². The zero-order valence-corrected chi connectivity index (χ0v) is 41.8.